The van der Waals surface area contributed by atoms with Crippen LogP contribution in [0.1, 0.15) is 21.7 Å². The van der Waals surface area contributed by atoms with Crippen LogP contribution in [-0.4, -0.2) is 48.7 Å². The third-order valence-corrected chi connectivity index (χ3v) is 5.64. The van der Waals surface area contributed by atoms with Crippen molar-refractivity contribution in [1.29, 1.82) is 0 Å². The fraction of sp³-hybridized carbons (Fsp3) is 0.368. The van der Waals surface area contributed by atoms with E-state index in [0.717, 1.165) is 16.7 Å². The van der Waals surface area contributed by atoms with E-state index in [4.69, 9.17) is 4.74 Å². The lowest BCUT2D eigenvalue weighted by atomic mass is 9.88. The van der Waals surface area contributed by atoms with Crippen LogP contribution >= 0.6 is 11.3 Å². The molecule has 1 N–H and O–H groups in total. The van der Waals surface area contributed by atoms with Gasteiger partial charge in [-0.1, -0.05) is 29.8 Å². The molecule has 1 aromatic carbocycles. The Bertz CT molecular complexity index is 783. The zero-order valence-electron chi connectivity index (χ0n) is 14.3. The zero-order chi connectivity index (χ0) is 18.0. The number of carbonyl (C=O) groups is 2. The summed E-state index contributed by atoms with van der Waals surface area (Å²) < 4.78 is 5.10. The predicted molar refractivity (Wildman–Crippen MR) is 97.0 cm³/mol. The molecule has 1 unspecified atom stereocenters. The number of hydrogen-bond acceptors (Lipinski definition) is 4. The molecule has 0 radical (unpaired) electrons. The first kappa shape index (κ1) is 17.6. The first-order valence-electron chi connectivity index (χ1n) is 8.13. The maximum Gasteiger partial charge on any atom is 0.313 e. The second kappa shape index (κ2) is 6.98. The Morgan fingerprint density at radius 1 is 1.28 bits per heavy atom. The van der Waals surface area contributed by atoms with E-state index in [-0.39, 0.29) is 19.1 Å². The van der Waals surface area contributed by atoms with Gasteiger partial charge in [0, 0.05) is 25.8 Å². The molecule has 1 amide bonds. The number of methoxy groups -OCH3 is 1. The van der Waals surface area contributed by atoms with Crippen molar-refractivity contribution < 1.29 is 19.4 Å². The highest BCUT2D eigenvalue weighted by Crippen LogP contribution is 2.35. The molecule has 1 aliphatic heterocycles. The van der Waals surface area contributed by atoms with E-state index >= 15 is 0 Å². The second-order valence-corrected chi connectivity index (χ2v) is 7.44. The number of rotatable bonds is 5. The molecule has 0 bridgehead atoms. The maximum atomic E-state index is 13.0. The van der Waals surface area contributed by atoms with Crippen LogP contribution in [0.3, 0.4) is 0 Å². The van der Waals surface area contributed by atoms with Crippen molar-refractivity contribution in [3.8, 4) is 11.1 Å². The molecule has 1 saturated heterocycles. The van der Waals surface area contributed by atoms with Gasteiger partial charge in [0.1, 0.15) is 5.41 Å². The van der Waals surface area contributed by atoms with Crippen molar-refractivity contribution in [2.45, 2.75) is 13.3 Å². The minimum absolute atomic E-state index is 0.107. The minimum Gasteiger partial charge on any atom is -0.481 e. The van der Waals surface area contributed by atoms with Gasteiger partial charge in [-0.25, -0.2) is 0 Å². The number of carboxylic acid groups (broad SMARTS) is 1. The van der Waals surface area contributed by atoms with Crippen LogP contribution in [0.4, 0.5) is 0 Å². The summed E-state index contributed by atoms with van der Waals surface area (Å²) in [5.74, 6) is -1.01. The first-order valence-corrected chi connectivity index (χ1v) is 9.01. The van der Waals surface area contributed by atoms with Crippen molar-refractivity contribution in [3.05, 3.63) is 46.2 Å². The summed E-state index contributed by atoms with van der Waals surface area (Å²) in [5, 5.41) is 11.5. The smallest absolute Gasteiger partial charge is 0.313 e. The third-order valence-electron chi connectivity index (χ3n) is 4.74. The Morgan fingerprint density at radius 2 is 2.00 bits per heavy atom. The quantitative estimate of drug-likeness (QED) is 0.890. The van der Waals surface area contributed by atoms with Gasteiger partial charge in [0.15, 0.2) is 0 Å². The Hall–Kier alpha value is -2.18. The number of benzene rings is 1. The highest BCUT2D eigenvalue weighted by Gasteiger charge is 2.46. The number of aryl methyl sites for hydroxylation is 1. The van der Waals surface area contributed by atoms with Crippen LogP contribution in [0.15, 0.2) is 35.7 Å². The van der Waals surface area contributed by atoms with Crippen molar-refractivity contribution >= 4 is 23.2 Å². The predicted octanol–water partition coefficient (Wildman–Crippen LogP) is 3.29. The summed E-state index contributed by atoms with van der Waals surface area (Å²) in [5.41, 5.74) is 2.05. The SMILES string of the molecule is COCC1(C(=O)O)CCN(C(=O)c2sccc2-c2ccc(C)cc2)C1. The van der Waals surface area contributed by atoms with Gasteiger partial charge in [0.05, 0.1) is 11.5 Å². The summed E-state index contributed by atoms with van der Waals surface area (Å²) >= 11 is 1.40. The van der Waals surface area contributed by atoms with Gasteiger partial charge in [-0.3, -0.25) is 9.59 Å². The van der Waals surface area contributed by atoms with Crippen molar-refractivity contribution in [3.63, 3.8) is 0 Å². The molecule has 1 aromatic heterocycles. The van der Waals surface area contributed by atoms with Crippen LogP contribution in [0, 0.1) is 12.3 Å². The fourth-order valence-corrected chi connectivity index (χ4v) is 4.14. The summed E-state index contributed by atoms with van der Waals surface area (Å²) in [7, 11) is 1.49. The lowest BCUT2D eigenvalue weighted by Crippen LogP contribution is -2.40. The van der Waals surface area contributed by atoms with E-state index in [2.05, 4.69) is 0 Å². The first-order chi connectivity index (χ1) is 12.0. The highest BCUT2D eigenvalue weighted by molar-refractivity contribution is 7.12. The number of likely N-dealkylation sites (tertiary alicyclic amines) is 1. The number of thiophene rings is 1. The van der Waals surface area contributed by atoms with Crippen molar-refractivity contribution in [2.75, 3.05) is 26.8 Å². The molecule has 0 aliphatic carbocycles. The van der Waals surface area contributed by atoms with Gasteiger partial charge in [-0.05, 0) is 30.4 Å². The molecular weight excluding hydrogens is 338 g/mol. The molecule has 25 heavy (non-hydrogen) atoms. The molecule has 3 rings (SSSR count). The largest absolute Gasteiger partial charge is 0.481 e. The third kappa shape index (κ3) is 3.32. The summed E-state index contributed by atoms with van der Waals surface area (Å²) in [6.07, 6.45) is 0.410. The van der Waals surface area contributed by atoms with Crippen LogP contribution in [0.2, 0.25) is 0 Å². The monoisotopic (exact) mass is 359 g/mol. The number of nitrogens with zero attached hydrogens (tertiary/aromatic N) is 1. The van der Waals surface area contributed by atoms with E-state index in [1.54, 1.807) is 4.90 Å². The van der Waals surface area contributed by atoms with E-state index < -0.39 is 11.4 Å². The van der Waals surface area contributed by atoms with Crippen molar-refractivity contribution in [2.24, 2.45) is 5.41 Å². The molecule has 1 atom stereocenters. The minimum atomic E-state index is -1.01. The molecule has 132 valence electrons. The number of aliphatic carboxylic acids is 1. The molecule has 2 aromatic rings. The lowest BCUT2D eigenvalue weighted by molar-refractivity contribution is -0.151. The van der Waals surface area contributed by atoms with E-state index in [1.165, 1.54) is 18.4 Å². The lowest BCUT2D eigenvalue weighted by Gasteiger charge is -2.23. The van der Waals surface area contributed by atoms with Gasteiger partial charge in [0.25, 0.3) is 5.91 Å². The van der Waals surface area contributed by atoms with Crippen LogP contribution in [0.5, 0.6) is 0 Å². The Labute approximate surface area is 150 Å². The molecule has 6 heteroatoms. The zero-order valence-corrected chi connectivity index (χ0v) is 15.1. The highest BCUT2D eigenvalue weighted by atomic mass is 32.1. The average molecular weight is 359 g/mol. The topological polar surface area (TPSA) is 66.8 Å². The van der Waals surface area contributed by atoms with Gasteiger partial charge < -0.3 is 14.7 Å². The van der Waals surface area contributed by atoms with E-state index in [1.807, 2.05) is 42.6 Å². The van der Waals surface area contributed by atoms with Crippen LogP contribution in [-0.2, 0) is 9.53 Å². The summed E-state index contributed by atoms with van der Waals surface area (Å²) in [6, 6.07) is 9.99. The van der Waals surface area contributed by atoms with Gasteiger partial charge in [-0.2, -0.15) is 0 Å². The van der Waals surface area contributed by atoms with Crippen molar-refractivity contribution in [1.82, 2.24) is 4.90 Å². The molecule has 0 spiro atoms. The fourth-order valence-electron chi connectivity index (χ4n) is 3.26. The number of carbonyl (C=O) groups excluding carboxylic acids is 1. The maximum absolute atomic E-state index is 13.0. The van der Waals surface area contributed by atoms with Gasteiger partial charge in [-0.15, -0.1) is 11.3 Å². The molecule has 2 heterocycles. The molecule has 5 nitrogen and oxygen atoms in total. The van der Waals surface area contributed by atoms with E-state index in [9.17, 15) is 14.7 Å². The van der Waals surface area contributed by atoms with Crippen LogP contribution in [0.25, 0.3) is 11.1 Å². The Morgan fingerprint density at radius 3 is 2.64 bits per heavy atom. The Balaban J connectivity index is 1.85. The van der Waals surface area contributed by atoms with Gasteiger partial charge in [0.2, 0.25) is 0 Å². The number of hydrogen-bond donors (Lipinski definition) is 1. The normalized spacial score (nSPS) is 20.0. The van der Waals surface area contributed by atoms with Gasteiger partial charge >= 0.3 is 5.97 Å². The Kier molecular flexibility index (Phi) is 4.92. The van der Waals surface area contributed by atoms with Crippen LogP contribution < -0.4 is 0 Å². The molecule has 1 fully saturated rings. The summed E-state index contributed by atoms with van der Waals surface area (Å²) in [4.78, 5) is 27.0. The number of amides is 1. The molecule has 0 saturated carbocycles. The second-order valence-electron chi connectivity index (χ2n) is 6.52. The average Bonchev–Trinajstić information content (AvgIpc) is 3.23. The number of carboxylic acids is 1. The number of ether oxygens (including phenoxy) is 1. The standard InChI is InChI=1S/C19H21NO4S/c1-13-3-5-14(6-4-13)15-7-10-25-16(15)17(21)20-9-8-19(11-20,12-24-2)18(22)23/h3-7,10H,8-9,11-12H2,1-2H3,(H,22,23). The molecule has 1 aliphatic rings. The van der Waals surface area contributed by atoms with E-state index in [0.29, 0.717) is 17.8 Å². The summed E-state index contributed by atoms with van der Waals surface area (Å²) in [6.45, 7) is 2.75. The molecular formula is C19H21NO4S.